The van der Waals surface area contributed by atoms with Gasteiger partial charge in [0.15, 0.2) is 0 Å². The zero-order valence-corrected chi connectivity index (χ0v) is 17.9. The van der Waals surface area contributed by atoms with E-state index >= 15 is 0 Å². The molecular weight excluding hydrogens is 380 g/mol. The molecule has 8 nitrogen and oxygen atoms in total. The number of carbonyl (C=O) groups excluding carboxylic acids is 1. The van der Waals surface area contributed by atoms with Crippen molar-refractivity contribution in [3.05, 3.63) is 58.4 Å². The van der Waals surface area contributed by atoms with Gasteiger partial charge in [0.25, 0.3) is 5.91 Å². The topological polar surface area (TPSA) is 78.0 Å². The molecule has 0 spiro atoms. The van der Waals surface area contributed by atoms with Gasteiger partial charge < -0.3 is 4.90 Å². The van der Waals surface area contributed by atoms with Crippen LogP contribution in [0.15, 0.2) is 41.2 Å². The average molecular weight is 409 g/mol. The lowest BCUT2D eigenvalue weighted by Gasteiger charge is -2.32. The van der Waals surface area contributed by atoms with Crippen molar-refractivity contribution in [2.24, 2.45) is 14.1 Å². The Balaban J connectivity index is 1.59. The average Bonchev–Trinajstić information content (AvgIpc) is 3.28. The molecular formula is C22H28N6O2. The second-order valence-electron chi connectivity index (χ2n) is 8.22. The third kappa shape index (κ3) is 3.58. The maximum atomic E-state index is 13.3. The van der Waals surface area contributed by atoms with Crippen molar-refractivity contribution < 1.29 is 4.79 Å². The number of carbonyl (C=O) groups is 1. The van der Waals surface area contributed by atoms with Gasteiger partial charge in [-0.15, -0.1) is 0 Å². The van der Waals surface area contributed by atoms with Gasteiger partial charge in [-0.1, -0.05) is 30.3 Å². The Bertz CT molecular complexity index is 1110. The van der Waals surface area contributed by atoms with Crippen molar-refractivity contribution in [1.82, 2.24) is 29.0 Å². The first kappa shape index (κ1) is 20.1. The minimum atomic E-state index is -0.109. The minimum Gasteiger partial charge on any atom is -0.337 e. The molecule has 1 unspecified atom stereocenters. The van der Waals surface area contributed by atoms with Crippen LogP contribution in [0.25, 0.3) is 11.3 Å². The molecule has 0 radical (unpaired) electrons. The summed E-state index contributed by atoms with van der Waals surface area (Å²) in [5, 5.41) is 9.03. The summed E-state index contributed by atoms with van der Waals surface area (Å²) in [4.78, 5) is 27.6. The van der Waals surface area contributed by atoms with Crippen LogP contribution >= 0.6 is 0 Å². The largest absolute Gasteiger partial charge is 0.345 e. The van der Waals surface area contributed by atoms with E-state index in [1.807, 2.05) is 55.1 Å². The van der Waals surface area contributed by atoms with Crippen LogP contribution in [0.5, 0.6) is 0 Å². The maximum absolute atomic E-state index is 13.3. The van der Waals surface area contributed by atoms with Crippen molar-refractivity contribution in [2.45, 2.75) is 38.6 Å². The van der Waals surface area contributed by atoms with Gasteiger partial charge in [-0.3, -0.25) is 14.0 Å². The number of amides is 1. The van der Waals surface area contributed by atoms with Crippen LogP contribution in [-0.4, -0.2) is 48.0 Å². The van der Waals surface area contributed by atoms with Crippen molar-refractivity contribution in [3.8, 4) is 11.3 Å². The van der Waals surface area contributed by atoms with Gasteiger partial charge in [0, 0.05) is 44.7 Å². The Morgan fingerprint density at radius 3 is 2.53 bits per heavy atom. The predicted molar refractivity (Wildman–Crippen MR) is 114 cm³/mol. The van der Waals surface area contributed by atoms with E-state index in [0.717, 1.165) is 29.9 Å². The standard InChI is InChI=1S/C22H28N6O2/c1-15(2)28-20(24-26(4)22(28)30)17-11-8-12-27(14-17)21(29)19-13-18(23-25(19)3)16-9-6-5-7-10-16/h5-7,9-10,13,15,17H,8,11-12,14H2,1-4H3. The van der Waals surface area contributed by atoms with E-state index in [0.29, 0.717) is 18.8 Å². The molecule has 4 rings (SSSR count). The summed E-state index contributed by atoms with van der Waals surface area (Å²) in [7, 11) is 3.48. The maximum Gasteiger partial charge on any atom is 0.345 e. The fraction of sp³-hybridized carbons (Fsp3) is 0.455. The van der Waals surface area contributed by atoms with E-state index in [2.05, 4.69) is 10.2 Å². The number of aromatic nitrogens is 5. The van der Waals surface area contributed by atoms with Gasteiger partial charge in [0.1, 0.15) is 11.5 Å². The molecule has 1 saturated heterocycles. The third-order valence-electron chi connectivity index (χ3n) is 5.74. The van der Waals surface area contributed by atoms with Crippen LogP contribution in [0.4, 0.5) is 0 Å². The summed E-state index contributed by atoms with van der Waals surface area (Å²) < 4.78 is 4.79. The van der Waals surface area contributed by atoms with Crippen LogP contribution in [0.2, 0.25) is 0 Å². The number of hydrogen-bond acceptors (Lipinski definition) is 4. The Labute approximate surface area is 175 Å². The quantitative estimate of drug-likeness (QED) is 0.665. The first-order valence-electron chi connectivity index (χ1n) is 10.4. The molecule has 0 saturated carbocycles. The number of piperidine rings is 1. The SMILES string of the molecule is CC(C)n1c(C2CCCN(C(=O)c3cc(-c4ccccc4)nn3C)C2)nn(C)c1=O. The number of rotatable bonds is 4. The smallest absolute Gasteiger partial charge is 0.337 e. The Morgan fingerprint density at radius 2 is 1.83 bits per heavy atom. The lowest BCUT2D eigenvalue weighted by atomic mass is 9.96. The molecule has 1 amide bonds. The second kappa shape index (κ2) is 7.93. The zero-order chi connectivity index (χ0) is 21.4. The van der Waals surface area contributed by atoms with Crippen LogP contribution < -0.4 is 5.69 Å². The van der Waals surface area contributed by atoms with Gasteiger partial charge >= 0.3 is 5.69 Å². The molecule has 1 aliphatic rings. The fourth-order valence-corrected chi connectivity index (χ4v) is 4.21. The number of aryl methyl sites for hydroxylation is 2. The van der Waals surface area contributed by atoms with Gasteiger partial charge in [-0.25, -0.2) is 9.48 Å². The molecule has 3 heterocycles. The van der Waals surface area contributed by atoms with E-state index in [4.69, 9.17) is 0 Å². The first-order valence-corrected chi connectivity index (χ1v) is 10.4. The molecule has 158 valence electrons. The third-order valence-corrected chi connectivity index (χ3v) is 5.74. The van der Waals surface area contributed by atoms with Crippen molar-refractivity contribution in [1.29, 1.82) is 0 Å². The zero-order valence-electron chi connectivity index (χ0n) is 17.9. The normalized spacial score (nSPS) is 17.0. The lowest BCUT2D eigenvalue weighted by Crippen LogP contribution is -2.41. The molecule has 0 aliphatic carbocycles. The van der Waals surface area contributed by atoms with Crippen LogP contribution in [0.3, 0.4) is 0 Å². The van der Waals surface area contributed by atoms with Gasteiger partial charge in [-0.05, 0) is 32.8 Å². The summed E-state index contributed by atoms with van der Waals surface area (Å²) in [6.45, 7) is 5.21. The summed E-state index contributed by atoms with van der Waals surface area (Å²) in [6, 6.07) is 11.7. The van der Waals surface area contributed by atoms with E-state index in [-0.39, 0.29) is 23.6 Å². The monoisotopic (exact) mass is 408 g/mol. The van der Waals surface area contributed by atoms with Gasteiger partial charge in [-0.2, -0.15) is 10.2 Å². The Kier molecular flexibility index (Phi) is 5.32. The number of likely N-dealkylation sites (tertiary alicyclic amines) is 1. The minimum absolute atomic E-state index is 0.0257. The molecule has 8 heteroatoms. The molecule has 1 atom stereocenters. The highest BCUT2D eigenvalue weighted by molar-refractivity contribution is 5.93. The molecule has 1 fully saturated rings. The van der Waals surface area contributed by atoms with E-state index in [9.17, 15) is 9.59 Å². The van der Waals surface area contributed by atoms with Crippen LogP contribution in [0.1, 0.15) is 55.0 Å². The number of nitrogens with zero attached hydrogens (tertiary/aromatic N) is 6. The van der Waals surface area contributed by atoms with Crippen molar-refractivity contribution in [3.63, 3.8) is 0 Å². The Hall–Kier alpha value is -3.16. The molecule has 0 bridgehead atoms. The van der Waals surface area contributed by atoms with Gasteiger partial charge in [0.2, 0.25) is 0 Å². The first-order chi connectivity index (χ1) is 14.4. The van der Waals surface area contributed by atoms with Crippen molar-refractivity contribution in [2.75, 3.05) is 13.1 Å². The van der Waals surface area contributed by atoms with Crippen LogP contribution in [-0.2, 0) is 14.1 Å². The highest BCUT2D eigenvalue weighted by Crippen LogP contribution is 2.28. The van der Waals surface area contributed by atoms with E-state index in [1.54, 1.807) is 23.3 Å². The summed E-state index contributed by atoms with van der Waals surface area (Å²) >= 11 is 0. The molecule has 1 aromatic carbocycles. The molecule has 2 aromatic heterocycles. The summed E-state index contributed by atoms with van der Waals surface area (Å²) in [6.07, 6.45) is 1.79. The molecule has 30 heavy (non-hydrogen) atoms. The number of benzene rings is 1. The number of hydrogen-bond donors (Lipinski definition) is 0. The molecule has 0 N–H and O–H groups in total. The second-order valence-corrected chi connectivity index (χ2v) is 8.22. The fourth-order valence-electron chi connectivity index (χ4n) is 4.21. The molecule has 3 aromatic rings. The highest BCUT2D eigenvalue weighted by atomic mass is 16.2. The lowest BCUT2D eigenvalue weighted by molar-refractivity contribution is 0.0691. The van der Waals surface area contributed by atoms with Crippen molar-refractivity contribution >= 4 is 5.91 Å². The summed E-state index contributed by atoms with van der Waals surface area (Å²) in [5.41, 5.74) is 2.23. The predicted octanol–water partition coefficient (Wildman–Crippen LogP) is 2.58. The Morgan fingerprint density at radius 1 is 1.10 bits per heavy atom. The highest BCUT2D eigenvalue weighted by Gasteiger charge is 2.31. The molecule has 1 aliphatic heterocycles. The van der Waals surface area contributed by atoms with Gasteiger partial charge in [0.05, 0.1) is 5.69 Å². The van der Waals surface area contributed by atoms with E-state index < -0.39 is 0 Å². The van der Waals surface area contributed by atoms with Crippen LogP contribution in [0, 0.1) is 0 Å². The van der Waals surface area contributed by atoms with E-state index in [1.165, 1.54) is 4.68 Å². The summed E-state index contributed by atoms with van der Waals surface area (Å²) in [5.74, 6) is 0.775.